The zero-order chi connectivity index (χ0) is 21.0. The lowest BCUT2D eigenvalue weighted by atomic mass is 10.2. The summed E-state index contributed by atoms with van der Waals surface area (Å²) in [5, 5.41) is 4.85. The van der Waals surface area contributed by atoms with E-state index in [2.05, 4.69) is 5.10 Å². The van der Waals surface area contributed by atoms with Crippen LogP contribution >= 0.6 is 0 Å². The van der Waals surface area contributed by atoms with E-state index in [1.807, 2.05) is 6.92 Å². The largest absolute Gasteiger partial charge is 0.455 e. The predicted octanol–water partition coefficient (Wildman–Crippen LogP) is 4.27. The molecule has 0 radical (unpaired) electrons. The molecular formula is C21H19F3N2O3. The summed E-state index contributed by atoms with van der Waals surface area (Å²) in [5.41, 5.74) is -0.333. The van der Waals surface area contributed by atoms with E-state index >= 15 is 0 Å². The number of esters is 1. The molecule has 29 heavy (non-hydrogen) atoms. The van der Waals surface area contributed by atoms with Crippen molar-refractivity contribution in [3.05, 3.63) is 65.7 Å². The average molecular weight is 404 g/mol. The molecule has 5 nitrogen and oxygen atoms in total. The molecular weight excluding hydrogens is 385 g/mol. The highest BCUT2D eigenvalue weighted by Gasteiger charge is 2.41. The molecule has 0 spiro atoms. The maximum Gasteiger partial charge on any atom is 0.416 e. The van der Waals surface area contributed by atoms with Gasteiger partial charge in [-0.1, -0.05) is 43.3 Å². The Morgan fingerprint density at radius 2 is 1.86 bits per heavy atom. The second-order valence-corrected chi connectivity index (χ2v) is 6.84. The summed E-state index contributed by atoms with van der Waals surface area (Å²) < 4.78 is 44.2. The number of amides is 1. The number of nitrogens with zero attached hydrogens (tertiary/aromatic N) is 2. The van der Waals surface area contributed by atoms with Crippen LogP contribution in [0.25, 0.3) is 0 Å². The molecule has 3 rings (SSSR count). The molecule has 0 aromatic heterocycles. The standard InChI is InChI=1S/C21H19F3N2O3/c1-14-10-18(14)20(28)29-13-19(27)26(25-12-15-6-3-2-4-7-15)17-9-5-8-16(11-17)21(22,23)24/h2-9,11-12,14,18H,10,13H2,1H3/b25-12-/t14-,18+/m0/s1. The van der Waals surface area contributed by atoms with Crippen LogP contribution in [0.1, 0.15) is 24.5 Å². The third-order valence-corrected chi connectivity index (χ3v) is 4.53. The highest BCUT2D eigenvalue weighted by molar-refractivity contribution is 5.97. The van der Waals surface area contributed by atoms with Crippen molar-refractivity contribution in [3.63, 3.8) is 0 Å². The minimum absolute atomic E-state index is 0.0761. The number of benzene rings is 2. The van der Waals surface area contributed by atoms with Crippen molar-refractivity contribution in [1.82, 2.24) is 0 Å². The highest BCUT2D eigenvalue weighted by atomic mass is 19.4. The molecule has 0 N–H and O–H groups in total. The minimum atomic E-state index is -4.57. The molecule has 8 heteroatoms. The molecule has 152 valence electrons. The Labute approximate surface area is 165 Å². The molecule has 2 aromatic carbocycles. The van der Waals surface area contributed by atoms with Gasteiger partial charge in [0.05, 0.1) is 23.4 Å². The fourth-order valence-electron chi connectivity index (χ4n) is 2.70. The van der Waals surface area contributed by atoms with Gasteiger partial charge < -0.3 is 4.74 Å². The van der Waals surface area contributed by atoms with E-state index in [-0.39, 0.29) is 17.5 Å². The Kier molecular flexibility index (Phi) is 6.00. The van der Waals surface area contributed by atoms with Crippen molar-refractivity contribution in [2.45, 2.75) is 19.5 Å². The first-order chi connectivity index (χ1) is 13.8. The zero-order valence-corrected chi connectivity index (χ0v) is 15.6. The monoisotopic (exact) mass is 404 g/mol. The summed E-state index contributed by atoms with van der Waals surface area (Å²) in [5.74, 6) is -1.24. The molecule has 2 atom stereocenters. The number of hydrazone groups is 1. The van der Waals surface area contributed by atoms with E-state index in [1.165, 1.54) is 18.3 Å². The third kappa shape index (κ3) is 5.43. The molecule has 0 unspecified atom stereocenters. The molecule has 0 saturated heterocycles. The second kappa shape index (κ2) is 8.46. The van der Waals surface area contributed by atoms with Crippen molar-refractivity contribution in [3.8, 4) is 0 Å². The van der Waals surface area contributed by atoms with Crippen molar-refractivity contribution >= 4 is 23.8 Å². The number of alkyl halides is 3. The number of hydrogen-bond acceptors (Lipinski definition) is 4. The summed E-state index contributed by atoms with van der Waals surface area (Å²) in [7, 11) is 0. The SMILES string of the molecule is C[C@H]1C[C@H]1C(=O)OCC(=O)N(/N=C\c1ccccc1)c1cccc(C(F)(F)F)c1. The first kappa shape index (κ1) is 20.6. The van der Waals surface area contributed by atoms with E-state index in [4.69, 9.17) is 4.74 Å². The second-order valence-electron chi connectivity index (χ2n) is 6.84. The number of ether oxygens (including phenoxy) is 1. The van der Waals surface area contributed by atoms with E-state index in [1.54, 1.807) is 30.3 Å². The van der Waals surface area contributed by atoms with Gasteiger partial charge in [0.1, 0.15) is 0 Å². The maximum atomic E-state index is 13.1. The van der Waals surface area contributed by atoms with Crippen molar-refractivity contribution in [2.75, 3.05) is 11.6 Å². The van der Waals surface area contributed by atoms with Crippen molar-refractivity contribution < 1.29 is 27.5 Å². The molecule has 1 aliphatic rings. The normalized spacial score (nSPS) is 18.5. The molecule has 0 bridgehead atoms. The first-order valence-corrected chi connectivity index (χ1v) is 9.01. The lowest BCUT2D eigenvalue weighted by molar-refractivity contribution is -0.149. The summed E-state index contributed by atoms with van der Waals surface area (Å²) in [6, 6.07) is 13.0. The van der Waals surface area contributed by atoms with Gasteiger partial charge in [-0.05, 0) is 36.1 Å². The number of rotatable bonds is 6. The summed E-state index contributed by atoms with van der Waals surface area (Å²) in [4.78, 5) is 24.5. The van der Waals surface area contributed by atoms with Gasteiger partial charge in [-0.15, -0.1) is 0 Å². The van der Waals surface area contributed by atoms with E-state index < -0.39 is 30.2 Å². The van der Waals surface area contributed by atoms with Gasteiger partial charge in [-0.25, -0.2) is 0 Å². The molecule has 2 aromatic rings. The average Bonchev–Trinajstić information content (AvgIpc) is 3.43. The molecule has 1 saturated carbocycles. The van der Waals surface area contributed by atoms with Gasteiger partial charge >= 0.3 is 12.1 Å². The van der Waals surface area contributed by atoms with E-state index in [0.717, 1.165) is 17.1 Å². The van der Waals surface area contributed by atoms with Crippen molar-refractivity contribution in [2.24, 2.45) is 16.9 Å². The Hall–Kier alpha value is -3.16. The van der Waals surface area contributed by atoms with Crippen LogP contribution in [0, 0.1) is 11.8 Å². The number of anilines is 1. The summed E-state index contributed by atoms with van der Waals surface area (Å²) in [6.45, 7) is 1.29. The van der Waals surface area contributed by atoms with Gasteiger partial charge in [0, 0.05) is 0 Å². The highest BCUT2D eigenvalue weighted by Crippen LogP contribution is 2.38. The van der Waals surface area contributed by atoms with Gasteiger partial charge in [0.15, 0.2) is 6.61 Å². The molecule has 1 fully saturated rings. The number of carbonyl (C=O) groups is 2. The molecule has 0 aliphatic heterocycles. The van der Waals surface area contributed by atoms with Crippen LogP contribution in [0.4, 0.5) is 18.9 Å². The van der Waals surface area contributed by atoms with Crippen LogP contribution in [0.3, 0.4) is 0 Å². The van der Waals surface area contributed by atoms with Crippen LogP contribution < -0.4 is 5.01 Å². The summed E-state index contributed by atoms with van der Waals surface area (Å²) >= 11 is 0. The van der Waals surface area contributed by atoms with E-state index in [0.29, 0.717) is 12.0 Å². The van der Waals surface area contributed by atoms with E-state index in [9.17, 15) is 22.8 Å². The topological polar surface area (TPSA) is 59.0 Å². The molecule has 0 heterocycles. The molecule has 1 aliphatic carbocycles. The van der Waals surface area contributed by atoms with Gasteiger partial charge in [0.2, 0.25) is 0 Å². The first-order valence-electron chi connectivity index (χ1n) is 9.01. The summed E-state index contributed by atoms with van der Waals surface area (Å²) in [6.07, 6.45) is -2.51. The Balaban J connectivity index is 1.82. The number of carbonyl (C=O) groups excluding carboxylic acids is 2. The fraction of sp³-hybridized carbons (Fsp3) is 0.286. The fourth-order valence-corrected chi connectivity index (χ4v) is 2.70. The number of hydrogen-bond donors (Lipinski definition) is 0. The lowest BCUT2D eigenvalue weighted by Crippen LogP contribution is -2.31. The third-order valence-electron chi connectivity index (χ3n) is 4.53. The zero-order valence-electron chi connectivity index (χ0n) is 15.6. The van der Waals surface area contributed by atoms with Crippen LogP contribution in [0.5, 0.6) is 0 Å². The maximum absolute atomic E-state index is 13.1. The Morgan fingerprint density at radius 1 is 1.17 bits per heavy atom. The van der Waals surface area contributed by atoms with Crippen LogP contribution in [0.2, 0.25) is 0 Å². The van der Waals surface area contributed by atoms with Crippen molar-refractivity contribution in [1.29, 1.82) is 0 Å². The van der Waals surface area contributed by atoms with Gasteiger partial charge in [-0.3, -0.25) is 9.59 Å². The quantitative estimate of drug-likeness (QED) is 0.410. The van der Waals surface area contributed by atoms with Crippen LogP contribution in [-0.2, 0) is 20.5 Å². The number of halogens is 3. The predicted molar refractivity (Wildman–Crippen MR) is 101 cm³/mol. The van der Waals surface area contributed by atoms with Crippen LogP contribution in [0.15, 0.2) is 59.7 Å². The minimum Gasteiger partial charge on any atom is -0.455 e. The van der Waals surface area contributed by atoms with Gasteiger partial charge in [-0.2, -0.15) is 23.3 Å². The lowest BCUT2D eigenvalue weighted by Gasteiger charge is -2.18. The van der Waals surface area contributed by atoms with Crippen LogP contribution in [-0.4, -0.2) is 24.7 Å². The molecule has 1 amide bonds. The smallest absolute Gasteiger partial charge is 0.416 e. The van der Waals surface area contributed by atoms with Gasteiger partial charge in [0.25, 0.3) is 5.91 Å². The Bertz CT molecular complexity index is 913. The Morgan fingerprint density at radius 3 is 2.48 bits per heavy atom.